The average Bonchev–Trinajstić information content (AvgIpc) is 3.08. The lowest BCUT2D eigenvalue weighted by Gasteiger charge is -2.17. The van der Waals surface area contributed by atoms with Crippen LogP contribution in [0.4, 0.5) is 0 Å². The summed E-state index contributed by atoms with van der Waals surface area (Å²) in [5.41, 5.74) is 1.01. The van der Waals surface area contributed by atoms with Crippen molar-refractivity contribution in [2.75, 3.05) is 33.4 Å². The number of nitrogens with zero attached hydrogens (tertiary/aromatic N) is 1. The Bertz CT molecular complexity index is 788. The Kier molecular flexibility index (Phi) is 6.75. The summed E-state index contributed by atoms with van der Waals surface area (Å²) in [5, 5.41) is 0.849. The molecule has 1 fully saturated rings. The summed E-state index contributed by atoms with van der Waals surface area (Å²) in [4.78, 5) is 0.251. The Hall–Kier alpha value is -1.26. The van der Waals surface area contributed by atoms with E-state index >= 15 is 0 Å². The number of nitrogens with one attached hydrogen (secondary N) is 1. The highest BCUT2D eigenvalue weighted by atomic mass is 32.2. The van der Waals surface area contributed by atoms with Gasteiger partial charge in [-0.1, -0.05) is 18.7 Å². The van der Waals surface area contributed by atoms with Gasteiger partial charge in [0.05, 0.1) is 11.5 Å². The monoisotopic (exact) mass is 388 g/mol. The minimum atomic E-state index is -3.56. The zero-order valence-electron chi connectivity index (χ0n) is 14.2. The number of ether oxygens (including phenoxy) is 1. The van der Waals surface area contributed by atoms with Gasteiger partial charge in [0.15, 0.2) is 0 Å². The van der Waals surface area contributed by atoms with Gasteiger partial charge in [-0.2, -0.15) is 4.31 Å². The third kappa shape index (κ3) is 5.35. The second-order valence-corrected chi connectivity index (χ2v) is 9.61. The summed E-state index contributed by atoms with van der Waals surface area (Å²) in [6, 6.07) is 6.79. The lowest BCUT2D eigenvalue weighted by Crippen LogP contribution is -2.32. The molecule has 1 aromatic rings. The quantitative estimate of drug-likeness (QED) is 0.680. The van der Waals surface area contributed by atoms with E-state index in [1.54, 1.807) is 31.4 Å². The molecule has 2 rings (SSSR count). The summed E-state index contributed by atoms with van der Waals surface area (Å²) in [6.07, 6.45) is 1.34. The van der Waals surface area contributed by atoms with Crippen LogP contribution in [0.2, 0.25) is 0 Å². The second kappa shape index (κ2) is 8.41. The molecule has 0 saturated carbocycles. The lowest BCUT2D eigenvalue weighted by atomic mass is 10.1. The molecule has 0 spiro atoms. The third-order valence-corrected chi connectivity index (χ3v) is 7.08. The standard InChI is InChI=1S/C16H24N2O5S2/c1-3-24(19,20)17-12-15-8-10-18(13-15)25(21,22)16-6-4-14(5-7-16)9-11-23-2/h3-7,15,17H,1,8-13H2,2H3. The molecule has 9 heteroatoms. The topological polar surface area (TPSA) is 92.8 Å². The van der Waals surface area contributed by atoms with Crippen molar-refractivity contribution >= 4 is 20.0 Å². The van der Waals surface area contributed by atoms with Crippen LogP contribution in [0.25, 0.3) is 0 Å². The molecule has 25 heavy (non-hydrogen) atoms. The first-order chi connectivity index (χ1) is 11.8. The Morgan fingerprint density at radius 2 is 1.96 bits per heavy atom. The zero-order valence-corrected chi connectivity index (χ0v) is 15.9. The Balaban J connectivity index is 1.99. The van der Waals surface area contributed by atoms with E-state index in [0.29, 0.717) is 26.1 Å². The van der Waals surface area contributed by atoms with Crippen LogP contribution in [0.3, 0.4) is 0 Å². The number of hydrogen-bond acceptors (Lipinski definition) is 5. The van der Waals surface area contributed by atoms with Gasteiger partial charge in [-0.3, -0.25) is 0 Å². The summed E-state index contributed by atoms with van der Waals surface area (Å²) in [6.45, 7) is 4.70. The van der Waals surface area contributed by atoms with Crippen molar-refractivity contribution in [3.05, 3.63) is 41.8 Å². The molecule has 7 nitrogen and oxygen atoms in total. The molecule has 1 aliphatic rings. The maximum absolute atomic E-state index is 12.7. The Morgan fingerprint density at radius 1 is 1.28 bits per heavy atom. The van der Waals surface area contributed by atoms with Crippen LogP contribution in [0.1, 0.15) is 12.0 Å². The number of rotatable bonds is 9. The molecule has 0 radical (unpaired) electrons. The maximum Gasteiger partial charge on any atom is 0.243 e. The van der Waals surface area contributed by atoms with Crippen LogP contribution in [0.5, 0.6) is 0 Å². The van der Waals surface area contributed by atoms with E-state index in [-0.39, 0.29) is 17.4 Å². The fraction of sp³-hybridized carbons (Fsp3) is 0.500. The van der Waals surface area contributed by atoms with Crippen LogP contribution >= 0.6 is 0 Å². The van der Waals surface area contributed by atoms with E-state index in [1.165, 1.54) is 4.31 Å². The second-order valence-electron chi connectivity index (χ2n) is 5.96. The predicted octanol–water partition coefficient (Wildman–Crippen LogP) is 0.949. The predicted molar refractivity (Wildman–Crippen MR) is 96.0 cm³/mol. The van der Waals surface area contributed by atoms with Crippen molar-refractivity contribution in [3.63, 3.8) is 0 Å². The molecular formula is C16H24N2O5S2. The molecule has 1 saturated heterocycles. The highest BCUT2D eigenvalue weighted by molar-refractivity contribution is 7.92. The highest BCUT2D eigenvalue weighted by Gasteiger charge is 2.32. The first-order valence-corrected chi connectivity index (χ1v) is 11.0. The van der Waals surface area contributed by atoms with Gasteiger partial charge in [0.2, 0.25) is 20.0 Å². The smallest absolute Gasteiger partial charge is 0.243 e. The van der Waals surface area contributed by atoms with Crippen molar-refractivity contribution in [2.45, 2.75) is 17.7 Å². The lowest BCUT2D eigenvalue weighted by molar-refractivity contribution is 0.202. The van der Waals surface area contributed by atoms with E-state index in [1.807, 2.05) is 0 Å². The average molecular weight is 389 g/mol. The van der Waals surface area contributed by atoms with E-state index in [0.717, 1.165) is 17.4 Å². The van der Waals surface area contributed by atoms with Gasteiger partial charge in [0.25, 0.3) is 0 Å². The minimum Gasteiger partial charge on any atom is -0.384 e. The van der Waals surface area contributed by atoms with Crippen molar-refractivity contribution < 1.29 is 21.6 Å². The van der Waals surface area contributed by atoms with E-state index in [9.17, 15) is 16.8 Å². The molecule has 1 N–H and O–H groups in total. The van der Waals surface area contributed by atoms with Crippen LogP contribution < -0.4 is 4.72 Å². The van der Waals surface area contributed by atoms with Crippen LogP contribution in [0.15, 0.2) is 41.1 Å². The minimum absolute atomic E-state index is 0.0505. The summed E-state index contributed by atoms with van der Waals surface area (Å²) in [5.74, 6) is -0.0505. The molecule has 1 aromatic carbocycles. The molecule has 1 aliphatic heterocycles. The third-order valence-electron chi connectivity index (χ3n) is 4.20. The van der Waals surface area contributed by atoms with Gasteiger partial charge in [0, 0.05) is 32.2 Å². The first-order valence-electron chi connectivity index (χ1n) is 7.98. The number of benzene rings is 1. The molecule has 0 bridgehead atoms. The molecule has 0 amide bonds. The van der Waals surface area contributed by atoms with Gasteiger partial charge in [-0.25, -0.2) is 21.6 Å². The van der Waals surface area contributed by atoms with Gasteiger partial charge in [0.1, 0.15) is 0 Å². The molecule has 140 valence electrons. The van der Waals surface area contributed by atoms with Gasteiger partial charge >= 0.3 is 0 Å². The Labute approximate surface area is 149 Å². The summed E-state index contributed by atoms with van der Waals surface area (Å²) in [7, 11) is -5.43. The van der Waals surface area contributed by atoms with E-state index < -0.39 is 20.0 Å². The maximum atomic E-state index is 12.7. The van der Waals surface area contributed by atoms with E-state index in [2.05, 4.69) is 11.3 Å². The van der Waals surface area contributed by atoms with Crippen molar-refractivity contribution in [2.24, 2.45) is 5.92 Å². The van der Waals surface area contributed by atoms with Crippen LogP contribution in [-0.4, -0.2) is 54.5 Å². The van der Waals surface area contributed by atoms with E-state index in [4.69, 9.17) is 4.74 Å². The zero-order chi connectivity index (χ0) is 18.5. The Morgan fingerprint density at radius 3 is 2.56 bits per heavy atom. The molecule has 1 heterocycles. The number of sulfonamides is 2. The largest absolute Gasteiger partial charge is 0.384 e. The fourth-order valence-electron chi connectivity index (χ4n) is 2.67. The van der Waals surface area contributed by atoms with Crippen molar-refractivity contribution in [3.8, 4) is 0 Å². The normalized spacial score (nSPS) is 19.2. The van der Waals surface area contributed by atoms with Gasteiger partial charge < -0.3 is 4.74 Å². The SMILES string of the molecule is C=CS(=O)(=O)NCC1CCN(S(=O)(=O)c2ccc(CCOC)cc2)C1. The number of methoxy groups -OCH3 is 1. The molecule has 1 atom stereocenters. The summed E-state index contributed by atoms with van der Waals surface area (Å²) >= 11 is 0. The van der Waals surface area contributed by atoms with Gasteiger partial charge in [-0.15, -0.1) is 0 Å². The first kappa shape index (κ1) is 20.1. The molecule has 0 aliphatic carbocycles. The molecule has 1 unspecified atom stereocenters. The summed E-state index contributed by atoms with van der Waals surface area (Å²) < 4.78 is 57.0. The van der Waals surface area contributed by atoms with Crippen LogP contribution in [0, 0.1) is 5.92 Å². The van der Waals surface area contributed by atoms with Crippen molar-refractivity contribution in [1.29, 1.82) is 0 Å². The molecule has 0 aromatic heterocycles. The number of hydrogen-bond donors (Lipinski definition) is 1. The van der Waals surface area contributed by atoms with Crippen molar-refractivity contribution in [1.82, 2.24) is 9.03 Å². The van der Waals surface area contributed by atoms with Gasteiger partial charge in [-0.05, 0) is 36.5 Å². The highest BCUT2D eigenvalue weighted by Crippen LogP contribution is 2.24. The van der Waals surface area contributed by atoms with Crippen LogP contribution in [-0.2, 0) is 31.2 Å². The molecular weight excluding hydrogens is 364 g/mol. The fourth-order valence-corrected chi connectivity index (χ4v) is 4.79.